The van der Waals surface area contributed by atoms with Crippen molar-refractivity contribution in [3.05, 3.63) is 11.9 Å². The number of hydrogen-bond acceptors (Lipinski definition) is 7. The summed E-state index contributed by atoms with van der Waals surface area (Å²) in [5.74, 6) is 0.0923. The molecule has 3 fully saturated rings. The van der Waals surface area contributed by atoms with Gasteiger partial charge in [0.2, 0.25) is 15.9 Å². The molecule has 11 heteroatoms. The minimum atomic E-state index is -3.23. The van der Waals surface area contributed by atoms with E-state index in [1.165, 1.54) is 4.90 Å². The molecule has 1 aliphatic carbocycles. The lowest BCUT2D eigenvalue weighted by molar-refractivity contribution is -0.143. The van der Waals surface area contributed by atoms with Gasteiger partial charge in [0.05, 0.1) is 23.6 Å². The molecule has 10 nitrogen and oxygen atoms in total. The molecule has 32 heavy (non-hydrogen) atoms. The number of nitrogens with one attached hydrogen (secondary N) is 1. The molecule has 4 atom stereocenters. The molecule has 1 amide bonds. The molecule has 1 aromatic rings. The second kappa shape index (κ2) is 8.49. The van der Waals surface area contributed by atoms with Crippen molar-refractivity contribution in [3.8, 4) is 0 Å². The minimum absolute atomic E-state index is 0.0760. The van der Waals surface area contributed by atoms with Crippen molar-refractivity contribution in [3.63, 3.8) is 0 Å². The second-order valence-electron chi connectivity index (χ2n) is 10.5. The lowest BCUT2D eigenvalue weighted by Crippen LogP contribution is -2.47. The van der Waals surface area contributed by atoms with E-state index in [-0.39, 0.29) is 42.9 Å². The highest BCUT2D eigenvalue weighted by Crippen LogP contribution is 2.40. The van der Waals surface area contributed by atoms with Gasteiger partial charge in [-0.2, -0.15) is 0 Å². The van der Waals surface area contributed by atoms with Gasteiger partial charge in [0.25, 0.3) is 0 Å². The molecule has 2 N–H and O–H groups in total. The van der Waals surface area contributed by atoms with Gasteiger partial charge in [-0.1, -0.05) is 26.0 Å². The number of likely N-dealkylation sites (tertiary alicyclic amines) is 1. The normalized spacial score (nSPS) is 28.8. The average molecular weight is 468 g/mol. The van der Waals surface area contributed by atoms with E-state index in [0.717, 1.165) is 18.5 Å². The van der Waals surface area contributed by atoms with Crippen LogP contribution in [0.15, 0.2) is 6.20 Å². The van der Waals surface area contributed by atoms with Crippen LogP contribution in [0.5, 0.6) is 0 Å². The maximum atomic E-state index is 13.7. The average Bonchev–Trinajstić information content (AvgIpc) is 3.12. The quantitative estimate of drug-likeness (QED) is 0.604. The lowest BCUT2D eigenvalue weighted by Gasteiger charge is -2.34. The van der Waals surface area contributed by atoms with Gasteiger partial charge in [0, 0.05) is 37.5 Å². The van der Waals surface area contributed by atoms with E-state index >= 15 is 0 Å². The third kappa shape index (κ3) is 5.04. The van der Waals surface area contributed by atoms with Crippen LogP contribution < -0.4 is 4.72 Å². The number of hydrogen-bond donors (Lipinski definition) is 2. The molecule has 0 radical (unpaired) electrons. The van der Waals surface area contributed by atoms with Gasteiger partial charge in [-0.15, -0.1) is 5.10 Å². The molecular formula is C21H33N5O5S. The summed E-state index contributed by atoms with van der Waals surface area (Å²) in [6, 6.07) is -1.62. The third-order valence-electron chi connectivity index (χ3n) is 6.60. The molecule has 0 aromatic carbocycles. The van der Waals surface area contributed by atoms with Crippen molar-refractivity contribution in [2.75, 3.05) is 12.3 Å². The monoisotopic (exact) mass is 467 g/mol. The van der Waals surface area contributed by atoms with Gasteiger partial charge in [0.1, 0.15) is 6.04 Å². The van der Waals surface area contributed by atoms with Crippen molar-refractivity contribution < 1.29 is 23.1 Å². The molecular weight excluding hydrogens is 434 g/mol. The first-order valence-corrected chi connectivity index (χ1v) is 13.0. The zero-order valence-corrected chi connectivity index (χ0v) is 19.7. The zero-order valence-electron chi connectivity index (χ0n) is 18.9. The number of Topliss-reactive ketones (excluding diaryl/α,β-unsaturated/α-hetero) is 1. The maximum absolute atomic E-state index is 13.7. The number of sulfonamides is 1. The standard InChI is InChI=1S/C21H33N5O5S/c1-21(2,3)19(26-12-16(22-24-26)13-4-5-13)20(29)25-11-15(27)10-17(25)18(28)7-6-14-8-9-32(30,31)23-14/h12-15,17,19,23,27H,4-11H2,1-3H3. The fraction of sp³-hybridized carbons (Fsp3) is 0.810. The second-order valence-corrected chi connectivity index (χ2v) is 12.4. The van der Waals surface area contributed by atoms with Crippen LogP contribution >= 0.6 is 0 Å². The van der Waals surface area contributed by atoms with Crippen molar-refractivity contribution in [2.24, 2.45) is 5.41 Å². The largest absolute Gasteiger partial charge is 0.391 e. The van der Waals surface area contributed by atoms with Gasteiger partial charge in [-0.05, 0) is 31.1 Å². The highest BCUT2D eigenvalue weighted by Gasteiger charge is 2.45. The van der Waals surface area contributed by atoms with E-state index in [1.807, 2.05) is 27.0 Å². The van der Waals surface area contributed by atoms with Gasteiger partial charge in [-0.25, -0.2) is 17.8 Å². The van der Waals surface area contributed by atoms with Gasteiger partial charge in [0.15, 0.2) is 5.78 Å². The van der Waals surface area contributed by atoms with Crippen LogP contribution in [-0.2, 0) is 19.6 Å². The zero-order chi connectivity index (χ0) is 23.3. The Morgan fingerprint density at radius 3 is 2.59 bits per heavy atom. The molecule has 4 unspecified atom stereocenters. The van der Waals surface area contributed by atoms with Gasteiger partial charge < -0.3 is 10.0 Å². The van der Waals surface area contributed by atoms with Crippen LogP contribution in [0.3, 0.4) is 0 Å². The lowest BCUT2D eigenvalue weighted by atomic mass is 9.85. The maximum Gasteiger partial charge on any atom is 0.248 e. The fourth-order valence-electron chi connectivity index (χ4n) is 4.74. The van der Waals surface area contributed by atoms with Crippen molar-refractivity contribution in [1.82, 2.24) is 24.6 Å². The summed E-state index contributed by atoms with van der Waals surface area (Å²) >= 11 is 0. The number of carbonyl (C=O) groups excluding carboxylic acids is 2. The van der Waals surface area contributed by atoms with E-state index in [2.05, 4.69) is 15.0 Å². The number of aliphatic hydroxyl groups excluding tert-OH is 1. The number of β-amino-alcohol motifs (C(OH)–C–C–N with tert-alkyl or cyclic N) is 1. The molecule has 4 rings (SSSR count). The smallest absolute Gasteiger partial charge is 0.248 e. The predicted octanol–water partition coefficient (Wildman–Crippen LogP) is 0.746. The van der Waals surface area contributed by atoms with Crippen molar-refractivity contribution in [1.29, 1.82) is 0 Å². The number of amides is 1. The van der Waals surface area contributed by atoms with Crippen LogP contribution in [0.1, 0.15) is 76.9 Å². The molecule has 3 aliphatic rings. The van der Waals surface area contributed by atoms with Crippen LogP contribution in [0.25, 0.3) is 0 Å². The van der Waals surface area contributed by atoms with E-state index in [0.29, 0.717) is 18.8 Å². The molecule has 1 saturated carbocycles. The minimum Gasteiger partial charge on any atom is -0.391 e. The number of nitrogens with zero attached hydrogens (tertiary/aromatic N) is 4. The SMILES string of the molecule is CC(C)(C)C(C(=O)N1CC(O)CC1C(=O)CCC1CCS(=O)(=O)N1)n1cc(C2CC2)nn1. The fourth-order valence-corrected chi connectivity index (χ4v) is 6.19. The Bertz CT molecular complexity index is 981. The van der Waals surface area contributed by atoms with E-state index < -0.39 is 33.6 Å². The summed E-state index contributed by atoms with van der Waals surface area (Å²) in [6.07, 6.45) is 4.46. The number of ketones is 1. The predicted molar refractivity (Wildman–Crippen MR) is 116 cm³/mol. The van der Waals surface area contributed by atoms with E-state index in [9.17, 15) is 23.1 Å². The highest BCUT2D eigenvalue weighted by molar-refractivity contribution is 7.89. The topological polar surface area (TPSA) is 134 Å². The molecule has 2 saturated heterocycles. The number of rotatable bonds is 7. The first-order chi connectivity index (χ1) is 14.9. The molecule has 0 bridgehead atoms. The van der Waals surface area contributed by atoms with Gasteiger partial charge in [-0.3, -0.25) is 9.59 Å². The third-order valence-corrected chi connectivity index (χ3v) is 8.06. The highest BCUT2D eigenvalue weighted by atomic mass is 32.2. The Hall–Kier alpha value is -1.85. The Kier molecular flexibility index (Phi) is 6.19. The summed E-state index contributed by atoms with van der Waals surface area (Å²) in [5, 5.41) is 18.8. The molecule has 2 aliphatic heterocycles. The Labute approximate surface area is 188 Å². The van der Waals surface area contributed by atoms with Crippen LogP contribution in [0.2, 0.25) is 0 Å². The number of aromatic nitrogens is 3. The summed E-state index contributed by atoms with van der Waals surface area (Å²) in [5.41, 5.74) is 0.412. The summed E-state index contributed by atoms with van der Waals surface area (Å²) < 4.78 is 27.3. The Morgan fingerprint density at radius 1 is 1.28 bits per heavy atom. The molecule has 0 spiro atoms. The van der Waals surface area contributed by atoms with Gasteiger partial charge >= 0.3 is 0 Å². The molecule has 3 heterocycles. The Morgan fingerprint density at radius 2 is 2.00 bits per heavy atom. The molecule has 1 aromatic heterocycles. The molecule has 178 valence electrons. The van der Waals surface area contributed by atoms with Crippen molar-refractivity contribution >= 4 is 21.7 Å². The summed E-state index contributed by atoms with van der Waals surface area (Å²) in [7, 11) is -3.23. The first-order valence-electron chi connectivity index (χ1n) is 11.4. The van der Waals surface area contributed by atoms with Crippen LogP contribution in [-0.4, -0.2) is 75.6 Å². The summed E-state index contributed by atoms with van der Waals surface area (Å²) in [4.78, 5) is 28.2. The number of carbonyl (C=O) groups is 2. The van der Waals surface area contributed by atoms with E-state index in [1.54, 1.807) is 4.68 Å². The summed E-state index contributed by atoms with van der Waals surface area (Å²) in [6.45, 7) is 5.94. The van der Waals surface area contributed by atoms with Crippen molar-refractivity contribution in [2.45, 2.75) is 89.4 Å². The Balaban J connectivity index is 1.48. The number of aliphatic hydroxyl groups is 1. The first kappa shape index (κ1) is 23.3. The van der Waals surface area contributed by atoms with Crippen LogP contribution in [0.4, 0.5) is 0 Å². The van der Waals surface area contributed by atoms with E-state index in [4.69, 9.17) is 0 Å². The van der Waals surface area contributed by atoms with Crippen LogP contribution in [0, 0.1) is 5.41 Å².